The Bertz CT molecular complexity index is 635. The van der Waals surface area contributed by atoms with E-state index in [1.54, 1.807) is 7.11 Å². The second-order valence-corrected chi connectivity index (χ2v) is 5.89. The number of methoxy groups -OCH3 is 1. The van der Waals surface area contributed by atoms with Crippen LogP contribution in [0.2, 0.25) is 0 Å². The van der Waals surface area contributed by atoms with E-state index in [0.717, 1.165) is 18.6 Å². The Morgan fingerprint density at radius 2 is 2.05 bits per heavy atom. The van der Waals surface area contributed by atoms with Crippen molar-refractivity contribution in [1.29, 1.82) is 0 Å². The fraction of sp³-hybridized carbons (Fsp3) is 0.368. The van der Waals surface area contributed by atoms with Crippen LogP contribution in [0.5, 0.6) is 5.75 Å². The molecule has 0 saturated carbocycles. The SMILES string of the molecule is CCC1Cc2ccc(OC)cc2C(c2cccc(C)c2)N1. The first-order valence-electron chi connectivity index (χ1n) is 7.70. The highest BCUT2D eigenvalue weighted by molar-refractivity contribution is 5.45. The van der Waals surface area contributed by atoms with Crippen molar-refractivity contribution in [3.63, 3.8) is 0 Å². The zero-order valence-corrected chi connectivity index (χ0v) is 13.0. The molecular weight excluding hydrogens is 258 g/mol. The highest BCUT2D eigenvalue weighted by atomic mass is 16.5. The molecule has 2 heteroatoms. The maximum absolute atomic E-state index is 5.41. The van der Waals surface area contributed by atoms with Gasteiger partial charge < -0.3 is 10.1 Å². The van der Waals surface area contributed by atoms with Crippen molar-refractivity contribution >= 4 is 0 Å². The predicted molar refractivity (Wildman–Crippen MR) is 86.9 cm³/mol. The van der Waals surface area contributed by atoms with E-state index >= 15 is 0 Å². The molecule has 3 rings (SSSR count). The van der Waals surface area contributed by atoms with E-state index in [0.29, 0.717) is 6.04 Å². The summed E-state index contributed by atoms with van der Waals surface area (Å²) < 4.78 is 5.41. The quantitative estimate of drug-likeness (QED) is 0.917. The van der Waals surface area contributed by atoms with Crippen LogP contribution in [0.25, 0.3) is 0 Å². The Morgan fingerprint density at radius 3 is 2.76 bits per heavy atom. The van der Waals surface area contributed by atoms with Crippen molar-refractivity contribution in [2.45, 2.75) is 38.8 Å². The lowest BCUT2D eigenvalue weighted by Crippen LogP contribution is -2.39. The number of hydrogen-bond donors (Lipinski definition) is 1. The number of ether oxygens (including phenoxy) is 1. The average molecular weight is 281 g/mol. The largest absolute Gasteiger partial charge is 0.497 e. The van der Waals surface area contributed by atoms with Crippen LogP contribution in [0, 0.1) is 6.92 Å². The monoisotopic (exact) mass is 281 g/mol. The van der Waals surface area contributed by atoms with E-state index in [9.17, 15) is 0 Å². The van der Waals surface area contributed by atoms with Crippen LogP contribution in [0.1, 0.15) is 41.6 Å². The number of rotatable bonds is 3. The number of aryl methyl sites for hydroxylation is 1. The number of benzene rings is 2. The Kier molecular flexibility index (Phi) is 3.98. The minimum absolute atomic E-state index is 0.258. The number of nitrogens with one attached hydrogen (secondary N) is 1. The lowest BCUT2D eigenvalue weighted by atomic mass is 9.85. The number of hydrogen-bond acceptors (Lipinski definition) is 2. The topological polar surface area (TPSA) is 21.3 Å². The maximum atomic E-state index is 5.41. The minimum Gasteiger partial charge on any atom is -0.497 e. The predicted octanol–water partition coefficient (Wildman–Crippen LogP) is 4.02. The van der Waals surface area contributed by atoms with Gasteiger partial charge >= 0.3 is 0 Å². The van der Waals surface area contributed by atoms with Gasteiger partial charge in [-0.05, 0) is 48.6 Å². The highest BCUT2D eigenvalue weighted by Gasteiger charge is 2.26. The van der Waals surface area contributed by atoms with Gasteiger partial charge in [0, 0.05) is 6.04 Å². The smallest absolute Gasteiger partial charge is 0.119 e. The molecule has 0 fully saturated rings. The summed E-state index contributed by atoms with van der Waals surface area (Å²) in [6.45, 7) is 4.40. The van der Waals surface area contributed by atoms with E-state index in [1.165, 1.54) is 22.3 Å². The van der Waals surface area contributed by atoms with Gasteiger partial charge in [0.1, 0.15) is 5.75 Å². The molecule has 110 valence electrons. The van der Waals surface area contributed by atoms with Gasteiger partial charge in [0.25, 0.3) is 0 Å². The third-order valence-corrected chi connectivity index (χ3v) is 4.40. The Morgan fingerprint density at radius 1 is 1.19 bits per heavy atom. The maximum Gasteiger partial charge on any atom is 0.119 e. The van der Waals surface area contributed by atoms with E-state index in [-0.39, 0.29) is 6.04 Å². The molecule has 2 aromatic rings. The first-order valence-corrected chi connectivity index (χ1v) is 7.70. The highest BCUT2D eigenvalue weighted by Crippen LogP contribution is 2.34. The van der Waals surface area contributed by atoms with Crippen molar-refractivity contribution in [2.24, 2.45) is 0 Å². The van der Waals surface area contributed by atoms with Crippen molar-refractivity contribution in [1.82, 2.24) is 5.32 Å². The normalized spacial score (nSPS) is 20.9. The van der Waals surface area contributed by atoms with Crippen LogP contribution >= 0.6 is 0 Å². The molecule has 0 aliphatic carbocycles. The van der Waals surface area contributed by atoms with Crippen molar-refractivity contribution in [3.05, 3.63) is 64.7 Å². The molecule has 0 radical (unpaired) electrons. The molecule has 0 saturated heterocycles. The molecule has 21 heavy (non-hydrogen) atoms. The van der Waals surface area contributed by atoms with Crippen LogP contribution in [-0.2, 0) is 6.42 Å². The van der Waals surface area contributed by atoms with Crippen LogP contribution in [0.3, 0.4) is 0 Å². The second-order valence-electron chi connectivity index (χ2n) is 5.89. The molecule has 2 nitrogen and oxygen atoms in total. The third-order valence-electron chi connectivity index (χ3n) is 4.40. The van der Waals surface area contributed by atoms with Gasteiger partial charge in [-0.15, -0.1) is 0 Å². The molecule has 0 aromatic heterocycles. The molecule has 1 aliphatic heterocycles. The molecule has 2 atom stereocenters. The molecule has 0 spiro atoms. The molecule has 1 heterocycles. The van der Waals surface area contributed by atoms with E-state index in [4.69, 9.17) is 4.74 Å². The Balaban J connectivity index is 2.07. The van der Waals surface area contributed by atoms with Crippen LogP contribution < -0.4 is 10.1 Å². The molecule has 1 N–H and O–H groups in total. The first-order chi connectivity index (χ1) is 10.2. The number of fused-ring (bicyclic) bond motifs is 1. The lowest BCUT2D eigenvalue weighted by molar-refractivity contribution is 0.404. The molecule has 2 aromatic carbocycles. The lowest BCUT2D eigenvalue weighted by Gasteiger charge is -2.33. The molecule has 0 bridgehead atoms. The summed E-state index contributed by atoms with van der Waals surface area (Å²) in [5, 5.41) is 3.80. The molecule has 0 amide bonds. The van der Waals surface area contributed by atoms with Crippen LogP contribution in [0.4, 0.5) is 0 Å². The van der Waals surface area contributed by atoms with Gasteiger partial charge in [-0.25, -0.2) is 0 Å². The van der Waals surface area contributed by atoms with E-state index in [1.807, 2.05) is 0 Å². The van der Waals surface area contributed by atoms with Gasteiger partial charge in [-0.1, -0.05) is 42.8 Å². The fourth-order valence-electron chi connectivity index (χ4n) is 3.19. The Hall–Kier alpha value is -1.80. The summed E-state index contributed by atoms with van der Waals surface area (Å²) in [7, 11) is 1.73. The van der Waals surface area contributed by atoms with Gasteiger partial charge in [0.05, 0.1) is 13.2 Å². The minimum atomic E-state index is 0.258. The summed E-state index contributed by atoms with van der Waals surface area (Å²) in [5.74, 6) is 0.933. The van der Waals surface area contributed by atoms with Crippen molar-refractivity contribution < 1.29 is 4.74 Å². The summed E-state index contributed by atoms with van der Waals surface area (Å²) in [6.07, 6.45) is 2.24. The Labute approximate surface area is 127 Å². The van der Waals surface area contributed by atoms with E-state index < -0.39 is 0 Å². The summed E-state index contributed by atoms with van der Waals surface area (Å²) >= 11 is 0. The average Bonchev–Trinajstić information content (AvgIpc) is 2.53. The molecule has 1 aliphatic rings. The van der Waals surface area contributed by atoms with Crippen molar-refractivity contribution in [2.75, 3.05) is 7.11 Å². The molecular formula is C19H23NO. The first kappa shape index (κ1) is 14.2. The summed E-state index contributed by atoms with van der Waals surface area (Å²) in [4.78, 5) is 0. The summed E-state index contributed by atoms with van der Waals surface area (Å²) in [6, 6.07) is 16.1. The zero-order valence-electron chi connectivity index (χ0n) is 13.0. The van der Waals surface area contributed by atoms with Gasteiger partial charge in [-0.3, -0.25) is 0 Å². The standard InChI is InChI=1S/C19H23NO/c1-4-16-11-14-8-9-17(21-3)12-18(14)19(20-16)15-7-5-6-13(2)10-15/h5-10,12,16,19-20H,4,11H2,1-3H3. The molecule has 2 unspecified atom stereocenters. The van der Waals surface area contributed by atoms with Crippen molar-refractivity contribution in [3.8, 4) is 5.75 Å². The second kappa shape index (κ2) is 5.90. The van der Waals surface area contributed by atoms with Crippen LogP contribution in [0.15, 0.2) is 42.5 Å². The van der Waals surface area contributed by atoms with Gasteiger partial charge in [0.2, 0.25) is 0 Å². The third kappa shape index (κ3) is 2.81. The van der Waals surface area contributed by atoms with E-state index in [2.05, 4.69) is 61.6 Å². The van der Waals surface area contributed by atoms with Crippen LogP contribution in [-0.4, -0.2) is 13.2 Å². The van der Waals surface area contributed by atoms with Gasteiger partial charge in [-0.2, -0.15) is 0 Å². The fourth-order valence-corrected chi connectivity index (χ4v) is 3.19. The zero-order chi connectivity index (χ0) is 14.8. The summed E-state index contributed by atoms with van der Waals surface area (Å²) in [5.41, 5.74) is 5.43. The van der Waals surface area contributed by atoms with Gasteiger partial charge in [0.15, 0.2) is 0 Å².